The summed E-state index contributed by atoms with van der Waals surface area (Å²) in [5, 5.41) is 5.03. The van der Waals surface area contributed by atoms with Crippen LogP contribution in [0.25, 0.3) is 21.9 Å². The summed E-state index contributed by atoms with van der Waals surface area (Å²) < 4.78 is 14.9. The molecule has 0 fully saturated rings. The van der Waals surface area contributed by atoms with Crippen LogP contribution in [0.3, 0.4) is 0 Å². The van der Waals surface area contributed by atoms with Gasteiger partial charge in [-0.1, -0.05) is 17.7 Å². The molecule has 0 radical (unpaired) electrons. The Morgan fingerprint density at radius 3 is 2.84 bits per heavy atom. The Balaban J connectivity index is 1.49. The molecule has 2 N–H and O–H groups in total. The zero-order valence-corrected chi connectivity index (χ0v) is 17.2. The minimum absolute atomic E-state index is 0.0342. The van der Waals surface area contributed by atoms with Crippen LogP contribution in [0, 0.1) is 5.82 Å². The van der Waals surface area contributed by atoms with Crippen LogP contribution >= 0.6 is 11.6 Å². The van der Waals surface area contributed by atoms with Gasteiger partial charge in [0.15, 0.2) is 0 Å². The van der Waals surface area contributed by atoms with Crippen molar-refractivity contribution in [2.75, 3.05) is 5.32 Å². The Morgan fingerprint density at radius 2 is 2.00 bits per heavy atom. The number of anilines is 2. The second-order valence-corrected chi connectivity index (χ2v) is 7.74. The van der Waals surface area contributed by atoms with Crippen LogP contribution in [0.1, 0.15) is 11.1 Å². The minimum atomic E-state index is -0.485. The number of hydrogen-bond acceptors (Lipinski definition) is 4. The molecular weight excluding hydrogens is 417 g/mol. The number of aromatic nitrogens is 4. The predicted octanol–water partition coefficient (Wildman–Crippen LogP) is 4.94. The van der Waals surface area contributed by atoms with Crippen LogP contribution in [-0.4, -0.2) is 19.5 Å². The molecule has 0 bridgehead atoms. The highest BCUT2D eigenvalue weighted by Crippen LogP contribution is 2.22. The van der Waals surface area contributed by atoms with E-state index in [2.05, 4.69) is 20.3 Å². The SMILES string of the molecule is Cn1c(=O)c(Cc2ccc(F)c(Cl)c2)cc2cnc(Nc3ccc4[nH]ccc4c3)nc21. The van der Waals surface area contributed by atoms with Crippen LogP contribution in [0.5, 0.6) is 0 Å². The quantitative estimate of drug-likeness (QED) is 0.421. The lowest BCUT2D eigenvalue weighted by molar-refractivity contribution is 0.627. The Morgan fingerprint density at radius 1 is 1.13 bits per heavy atom. The summed E-state index contributed by atoms with van der Waals surface area (Å²) in [7, 11) is 1.68. The molecule has 5 rings (SSSR count). The maximum absolute atomic E-state index is 13.4. The van der Waals surface area contributed by atoms with Crippen LogP contribution < -0.4 is 10.9 Å². The standard InChI is InChI=1S/C23H17ClFN5O/c1-30-21-16(10-15(22(30)31)8-13-2-4-19(25)18(24)9-13)12-27-23(29-21)28-17-3-5-20-14(11-17)6-7-26-20/h2-7,9-12,26H,8H2,1H3,(H,27,28,29). The average Bonchev–Trinajstić information content (AvgIpc) is 3.23. The monoisotopic (exact) mass is 433 g/mol. The van der Waals surface area contributed by atoms with Crippen molar-refractivity contribution in [3.8, 4) is 0 Å². The number of H-pyrrole nitrogens is 1. The molecule has 6 nitrogen and oxygen atoms in total. The Bertz CT molecular complexity index is 1510. The van der Waals surface area contributed by atoms with Crippen molar-refractivity contribution in [3.05, 3.63) is 93.2 Å². The Kier molecular flexibility index (Phi) is 4.67. The third kappa shape index (κ3) is 3.64. The van der Waals surface area contributed by atoms with Crippen molar-refractivity contribution in [1.29, 1.82) is 0 Å². The molecule has 0 aliphatic carbocycles. The maximum atomic E-state index is 13.4. The van der Waals surface area contributed by atoms with Crippen LogP contribution in [0.2, 0.25) is 5.02 Å². The summed E-state index contributed by atoms with van der Waals surface area (Å²) in [4.78, 5) is 25.0. The molecule has 3 heterocycles. The summed E-state index contributed by atoms with van der Waals surface area (Å²) in [5.74, 6) is -0.0867. The van der Waals surface area contributed by atoms with Gasteiger partial charge in [-0.15, -0.1) is 0 Å². The first-order valence-electron chi connectivity index (χ1n) is 9.62. The minimum Gasteiger partial charge on any atom is -0.361 e. The number of pyridine rings is 1. The fourth-order valence-electron chi connectivity index (χ4n) is 3.63. The number of halogens is 2. The molecule has 8 heteroatoms. The summed E-state index contributed by atoms with van der Waals surface area (Å²) in [6, 6.07) is 14.1. The first kappa shape index (κ1) is 19.3. The van der Waals surface area contributed by atoms with Crippen LogP contribution in [-0.2, 0) is 13.5 Å². The highest BCUT2D eigenvalue weighted by atomic mass is 35.5. The molecule has 0 spiro atoms. The van der Waals surface area contributed by atoms with E-state index in [1.807, 2.05) is 30.5 Å². The number of benzene rings is 2. The van der Waals surface area contributed by atoms with Gasteiger partial charge in [-0.05, 0) is 48.0 Å². The number of nitrogens with zero attached hydrogens (tertiary/aromatic N) is 3. The van der Waals surface area contributed by atoms with Gasteiger partial charge in [-0.3, -0.25) is 9.36 Å². The molecule has 0 unspecified atom stereocenters. The van der Waals surface area contributed by atoms with Crippen LogP contribution in [0.4, 0.5) is 16.0 Å². The van der Waals surface area contributed by atoms with Crippen molar-refractivity contribution in [2.45, 2.75) is 6.42 Å². The van der Waals surface area contributed by atoms with Crippen molar-refractivity contribution in [2.24, 2.45) is 7.05 Å². The highest BCUT2D eigenvalue weighted by molar-refractivity contribution is 6.30. The molecule has 2 aromatic carbocycles. The maximum Gasteiger partial charge on any atom is 0.255 e. The summed E-state index contributed by atoms with van der Waals surface area (Å²) in [6.45, 7) is 0. The van der Waals surface area contributed by atoms with E-state index in [1.54, 1.807) is 25.4 Å². The lowest BCUT2D eigenvalue weighted by Gasteiger charge is -2.11. The number of rotatable bonds is 4. The fourth-order valence-corrected chi connectivity index (χ4v) is 3.83. The van der Waals surface area contributed by atoms with Gasteiger partial charge in [0.05, 0.1) is 5.02 Å². The highest BCUT2D eigenvalue weighted by Gasteiger charge is 2.12. The van der Waals surface area contributed by atoms with Crippen LogP contribution in [0.15, 0.2) is 65.7 Å². The smallest absolute Gasteiger partial charge is 0.255 e. The molecule has 0 saturated heterocycles. The van der Waals surface area contributed by atoms with Crippen molar-refractivity contribution in [3.63, 3.8) is 0 Å². The van der Waals surface area contributed by atoms with Crippen molar-refractivity contribution in [1.82, 2.24) is 19.5 Å². The molecule has 3 aromatic heterocycles. The van der Waals surface area contributed by atoms with Gasteiger partial charge in [-0.25, -0.2) is 9.37 Å². The number of aryl methyl sites for hydroxylation is 1. The first-order valence-corrected chi connectivity index (χ1v) is 9.99. The normalized spacial score (nSPS) is 11.3. The second kappa shape index (κ2) is 7.52. The van der Waals surface area contributed by atoms with E-state index in [-0.39, 0.29) is 10.6 Å². The van der Waals surface area contributed by atoms with Gasteiger partial charge >= 0.3 is 0 Å². The third-order valence-electron chi connectivity index (χ3n) is 5.21. The lowest BCUT2D eigenvalue weighted by Crippen LogP contribution is -2.22. The molecular formula is C23H17ClFN5O. The van der Waals surface area contributed by atoms with Crippen molar-refractivity contribution >= 4 is 45.2 Å². The summed E-state index contributed by atoms with van der Waals surface area (Å²) >= 11 is 5.87. The molecule has 0 amide bonds. The molecule has 0 aliphatic heterocycles. The number of hydrogen-bond donors (Lipinski definition) is 2. The van der Waals surface area contributed by atoms with E-state index in [1.165, 1.54) is 16.7 Å². The topological polar surface area (TPSA) is 75.6 Å². The predicted molar refractivity (Wildman–Crippen MR) is 121 cm³/mol. The van der Waals surface area contributed by atoms with E-state index in [0.29, 0.717) is 23.6 Å². The molecule has 31 heavy (non-hydrogen) atoms. The van der Waals surface area contributed by atoms with Gasteiger partial charge in [-0.2, -0.15) is 4.98 Å². The largest absolute Gasteiger partial charge is 0.361 e. The fraction of sp³-hybridized carbons (Fsp3) is 0.0870. The molecule has 0 atom stereocenters. The van der Waals surface area contributed by atoms with Gasteiger partial charge < -0.3 is 10.3 Å². The average molecular weight is 434 g/mol. The Hall–Kier alpha value is -3.71. The molecule has 154 valence electrons. The van der Waals surface area contributed by atoms with E-state index in [0.717, 1.165) is 27.5 Å². The number of aromatic amines is 1. The van der Waals surface area contributed by atoms with Gasteiger partial charge in [0, 0.05) is 53.4 Å². The zero-order valence-electron chi connectivity index (χ0n) is 16.5. The number of fused-ring (bicyclic) bond motifs is 2. The third-order valence-corrected chi connectivity index (χ3v) is 5.50. The number of nitrogens with one attached hydrogen (secondary N) is 2. The van der Waals surface area contributed by atoms with E-state index >= 15 is 0 Å². The van der Waals surface area contributed by atoms with Gasteiger partial charge in [0.2, 0.25) is 5.95 Å². The van der Waals surface area contributed by atoms with Gasteiger partial charge in [0.25, 0.3) is 5.56 Å². The van der Waals surface area contributed by atoms with E-state index in [9.17, 15) is 9.18 Å². The second-order valence-electron chi connectivity index (χ2n) is 7.34. The van der Waals surface area contributed by atoms with Crippen molar-refractivity contribution < 1.29 is 4.39 Å². The van der Waals surface area contributed by atoms with E-state index < -0.39 is 5.82 Å². The zero-order chi connectivity index (χ0) is 21.5. The summed E-state index contributed by atoms with van der Waals surface area (Å²) in [6.07, 6.45) is 3.90. The molecule has 0 saturated carbocycles. The lowest BCUT2D eigenvalue weighted by atomic mass is 10.1. The molecule has 0 aliphatic rings. The molecule has 5 aromatic rings. The Labute approximate surface area is 181 Å². The summed E-state index contributed by atoms with van der Waals surface area (Å²) in [5.41, 5.74) is 3.54. The first-order chi connectivity index (χ1) is 15.0. The van der Waals surface area contributed by atoms with Gasteiger partial charge in [0.1, 0.15) is 11.5 Å². The van der Waals surface area contributed by atoms with E-state index in [4.69, 9.17) is 11.6 Å².